The molecule has 222 valence electrons. The van der Waals surface area contributed by atoms with Crippen LogP contribution in [-0.2, 0) is 23.2 Å². The maximum atomic E-state index is 13.4. The van der Waals surface area contributed by atoms with Crippen LogP contribution in [0.2, 0.25) is 0 Å². The van der Waals surface area contributed by atoms with Crippen LogP contribution in [0.3, 0.4) is 0 Å². The Morgan fingerprint density at radius 3 is 1.68 bits per heavy atom. The minimum atomic E-state index is -0.426. The molecular formula is C30H46N4O4S2. The summed E-state index contributed by atoms with van der Waals surface area (Å²) >= 11 is 11.0. The lowest BCUT2D eigenvalue weighted by atomic mass is 10.1. The summed E-state index contributed by atoms with van der Waals surface area (Å²) in [5.74, 6) is -1.11. The van der Waals surface area contributed by atoms with Crippen LogP contribution in [0, 0.1) is 4.77 Å². The molecule has 8 nitrogen and oxygen atoms in total. The Balaban J connectivity index is 2.38. The minimum absolute atomic E-state index is 0.000483. The molecule has 0 atom stereocenters. The zero-order valence-corrected chi connectivity index (χ0v) is 26.2. The van der Waals surface area contributed by atoms with Gasteiger partial charge in [0, 0.05) is 26.7 Å². The summed E-state index contributed by atoms with van der Waals surface area (Å²) in [5, 5.41) is 10.9. The van der Waals surface area contributed by atoms with Gasteiger partial charge in [0.2, 0.25) is 5.88 Å². The SMILES string of the molecule is CCCCCCN1C(=O)C(=C/C=C/c2c(O)n(C)c(=S)n(CCCCCC)c2=O)C(=O)N(CCCCCC)C1=S. The maximum absolute atomic E-state index is 13.4. The van der Waals surface area contributed by atoms with E-state index in [4.69, 9.17) is 24.4 Å². The Hall–Kier alpha value is -2.59. The van der Waals surface area contributed by atoms with Crippen molar-refractivity contribution in [2.45, 2.75) is 104 Å². The van der Waals surface area contributed by atoms with Crippen molar-refractivity contribution in [2.24, 2.45) is 7.05 Å². The molecule has 10 heteroatoms. The minimum Gasteiger partial charge on any atom is -0.494 e. The van der Waals surface area contributed by atoms with E-state index in [1.807, 2.05) is 0 Å². The zero-order chi connectivity index (χ0) is 29.7. The standard InChI is InChI=1S/C30H46N4O4S2/c1-5-8-11-14-20-32-26(36)23(25(35)31(4)29(32)39)18-17-19-24-27(37)33(21-15-12-9-6-2)30(40)34(28(24)38)22-16-13-10-7-3/h17-19,35H,5-16,20-22H2,1-4H3/b18-17+. The average Bonchev–Trinajstić information content (AvgIpc) is 2.94. The smallest absolute Gasteiger partial charge is 0.265 e. The molecular weight excluding hydrogens is 544 g/mol. The van der Waals surface area contributed by atoms with Gasteiger partial charge in [0.25, 0.3) is 17.4 Å². The second-order valence-corrected chi connectivity index (χ2v) is 11.1. The van der Waals surface area contributed by atoms with Crippen LogP contribution in [-0.4, -0.2) is 54.1 Å². The number of nitrogens with zero attached hydrogens (tertiary/aromatic N) is 4. The van der Waals surface area contributed by atoms with E-state index in [9.17, 15) is 19.5 Å². The van der Waals surface area contributed by atoms with Crippen molar-refractivity contribution in [3.63, 3.8) is 0 Å². The van der Waals surface area contributed by atoms with E-state index in [-0.39, 0.29) is 26.9 Å². The van der Waals surface area contributed by atoms with E-state index in [1.165, 1.54) is 37.2 Å². The molecule has 1 aliphatic heterocycles. The van der Waals surface area contributed by atoms with Gasteiger partial charge in [-0.05, 0) is 55.9 Å². The number of hydrogen-bond acceptors (Lipinski definition) is 6. The number of thiocarbonyl (C=S) groups is 1. The molecule has 2 heterocycles. The third kappa shape index (κ3) is 8.70. The molecule has 1 aromatic rings. The van der Waals surface area contributed by atoms with Crippen LogP contribution in [0.1, 0.15) is 103 Å². The maximum Gasteiger partial charge on any atom is 0.265 e. The number of rotatable bonds is 17. The fraction of sp³-hybridized carbons (Fsp3) is 0.633. The molecule has 1 aromatic heterocycles. The largest absolute Gasteiger partial charge is 0.494 e. The molecule has 2 amide bonds. The summed E-state index contributed by atoms with van der Waals surface area (Å²) in [7, 11) is 1.61. The average molecular weight is 591 g/mol. The van der Waals surface area contributed by atoms with E-state index in [1.54, 1.807) is 7.05 Å². The topological polar surface area (TPSA) is 87.8 Å². The van der Waals surface area contributed by atoms with Gasteiger partial charge in [-0.3, -0.25) is 33.3 Å². The summed E-state index contributed by atoms with van der Waals surface area (Å²) in [4.78, 5) is 43.0. The van der Waals surface area contributed by atoms with Gasteiger partial charge in [0.15, 0.2) is 9.88 Å². The van der Waals surface area contributed by atoms with Gasteiger partial charge >= 0.3 is 0 Å². The molecule has 1 fully saturated rings. The molecule has 0 aliphatic carbocycles. The molecule has 1 N–H and O–H groups in total. The molecule has 40 heavy (non-hydrogen) atoms. The number of amides is 2. The molecule has 0 unspecified atom stereocenters. The van der Waals surface area contributed by atoms with Crippen molar-refractivity contribution in [2.75, 3.05) is 13.1 Å². The Bertz CT molecular complexity index is 1180. The molecule has 1 saturated heterocycles. The van der Waals surface area contributed by atoms with Crippen molar-refractivity contribution in [1.82, 2.24) is 18.9 Å². The van der Waals surface area contributed by atoms with Crippen LogP contribution in [0.5, 0.6) is 5.88 Å². The predicted octanol–water partition coefficient (Wildman–Crippen LogP) is 6.26. The van der Waals surface area contributed by atoms with E-state index in [2.05, 4.69) is 20.8 Å². The monoisotopic (exact) mass is 590 g/mol. The highest BCUT2D eigenvalue weighted by Gasteiger charge is 2.38. The first-order valence-electron chi connectivity index (χ1n) is 14.8. The van der Waals surface area contributed by atoms with Gasteiger partial charge in [-0.25, -0.2) is 0 Å². The van der Waals surface area contributed by atoms with Crippen LogP contribution >= 0.6 is 24.4 Å². The van der Waals surface area contributed by atoms with E-state index in [0.29, 0.717) is 19.6 Å². The fourth-order valence-electron chi connectivity index (χ4n) is 4.69. The van der Waals surface area contributed by atoms with E-state index < -0.39 is 17.4 Å². The van der Waals surface area contributed by atoms with Gasteiger partial charge in [-0.2, -0.15) is 0 Å². The third-order valence-corrected chi connectivity index (χ3v) is 8.13. The summed E-state index contributed by atoms with van der Waals surface area (Å²) in [5.41, 5.74) is -0.341. The Morgan fingerprint density at radius 1 is 0.725 bits per heavy atom. The second-order valence-electron chi connectivity index (χ2n) is 10.4. The lowest BCUT2D eigenvalue weighted by Gasteiger charge is -2.36. The van der Waals surface area contributed by atoms with Gasteiger partial charge < -0.3 is 5.11 Å². The summed E-state index contributed by atoms with van der Waals surface area (Å²) in [6, 6.07) is 0. The lowest BCUT2D eigenvalue weighted by molar-refractivity contribution is -0.133. The quantitative estimate of drug-likeness (QED) is 0.0998. The molecule has 0 saturated carbocycles. The Kier molecular flexibility index (Phi) is 14.5. The summed E-state index contributed by atoms with van der Waals surface area (Å²) < 4.78 is 3.13. The van der Waals surface area contributed by atoms with Crippen molar-refractivity contribution < 1.29 is 14.7 Å². The van der Waals surface area contributed by atoms with E-state index >= 15 is 0 Å². The molecule has 0 bridgehead atoms. The second kappa shape index (κ2) is 17.3. The van der Waals surface area contributed by atoms with Gasteiger partial charge in [-0.15, -0.1) is 0 Å². The van der Waals surface area contributed by atoms with Gasteiger partial charge in [0.1, 0.15) is 11.1 Å². The van der Waals surface area contributed by atoms with Crippen LogP contribution in [0.4, 0.5) is 0 Å². The number of carbonyl (C=O) groups excluding carboxylic acids is 2. The lowest BCUT2D eigenvalue weighted by Crippen LogP contribution is -2.56. The van der Waals surface area contributed by atoms with E-state index in [0.717, 1.165) is 77.0 Å². The normalized spacial score (nSPS) is 14.2. The highest BCUT2D eigenvalue weighted by Crippen LogP contribution is 2.21. The number of aromatic hydroxyl groups is 1. The Morgan fingerprint density at radius 2 is 1.20 bits per heavy atom. The first-order valence-corrected chi connectivity index (χ1v) is 15.6. The van der Waals surface area contributed by atoms with Gasteiger partial charge in [0.05, 0.1) is 0 Å². The van der Waals surface area contributed by atoms with Crippen LogP contribution in [0.25, 0.3) is 6.08 Å². The predicted molar refractivity (Wildman–Crippen MR) is 168 cm³/mol. The first-order chi connectivity index (χ1) is 19.2. The summed E-state index contributed by atoms with van der Waals surface area (Å²) in [6.45, 7) is 7.75. The molecule has 2 rings (SSSR count). The van der Waals surface area contributed by atoms with Crippen molar-refractivity contribution in [3.05, 3.63) is 38.4 Å². The fourth-order valence-corrected chi connectivity index (χ4v) is 5.30. The number of carbonyl (C=O) groups is 2. The summed E-state index contributed by atoms with van der Waals surface area (Å²) in [6.07, 6.45) is 16.1. The first kappa shape index (κ1) is 33.6. The number of allylic oxidation sites excluding steroid dienone is 2. The highest BCUT2D eigenvalue weighted by molar-refractivity contribution is 7.80. The van der Waals surface area contributed by atoms with Crippen molar-refractivity contribution in [3.8, 4) is 5.88 Å². The molecule has 0 aromatic carbocycles. The zero-order valence-electron chi connectivity index (χ0n) is 24.6. The molecule has 0 spiro atoms. The molecule has 0 radical (unpaired) electrons. The van der Waals surface area contributed by atoms with Crippen molar-refractivity contribution in [1.29, 1.82) is 0 Å². The van der Waals surface area contributed by atoms with Crippen LogP contribution < -0.4 is 5.56 Å². The number of aromatic nitrogens is 2. The Labute approximate surface area is 249 Å². The highest BCUT2D eigenvalue weighted by atomic mass is 32.1. The van der Waals surface area contributed by atoms with Gasteiger partial charge in [-0.1, -0.05) is 84.6 Å². The number of unbranched alkanes of at least 4 members (excludes halogenated alkanes) is 9. The third-order valence-electron chi connectivity index (χ3n) is 7.20. The number of hydrogen-bond donors (Lipinski definition) is 1. The molecule has 1 aliphatic rings. The van der Waals surface area contributed by atoms with Crippen molar-refractivity contribution >= 4 is 47.4 Å². The van der Waals surface area contributed by atoms with Crippen LogP contribution in [0.15, 0.2) is 22.5 Å².